The number of esters is 1. The normalized spacial score (nSPS) is 12.9. The van der Waals surface area contributed by atoms with Gasteiger partial charge in [0.15, 0.2) is 0 Å². The standard InChI is InChI=1S/C12H18N2O3S/c1-17-12(15)11(13)8-9-4-6-10(7-5-9)14-18(2,3)16/h4-7,11H,8,13H2,1-3H3. The molecule has 0 bridgehead atoms. The smallest absolute Gasteiger partial charge is 0.322 e. The van der Waals surface area contributed by atoms with E-state index in [4.69, 9.17) is 5.73 Å². The number of hydrogen-bond donors (Lipinski definition) is 1. The molecule has 6 heteroatoms. The monoisotopic (exact) mass is 270 g/mol. The Morgan fingerprint density at radius 1 is 1.39 bits per heavy atom. The maximum atomic E-state index is 11.5. The number of ether oxygens (including phenoxy) is 1. The van der Waals surface area contributed by atoms with Crippen LogP contribution in [0.1, 0.15) is 5.56 Å². The lowest BCUT2D eigenvalue weighted by Crippen LogP contribution is -2.33. The molecule has 0 fully saturated rings. The molecule has 0 saturated carbocycles. The first-order valence-corrected chi connectivity index (χ1v) is 7.74. The van der Waals surface area contributed by atoms with Crippen LogP contribution in [0.3, 0.4) is 0 Å². The quantitative estimate of drug-likeness (QED) is 0.830. The highest BCUT2D eigenvalue weighted by atomic mass is 32.2. The van der Waals surface area contributed by atoms with E-state index in [2.05, 4.69) is 9.10 Å². The van der Waals surface area contributed by atoms with Gasteiger partial charge in [-0.05, 0) is 24.1 Å². The van der Waals surface area contributed by atoms with E-state index in [0.717, 1.165) is 5.56 Å². The Morgan fingerprint density at radius 2 is 1.94 bits per heavy atom. The van der Waals surface area contributed by atoms with Crippen LogP contribution in [-0.4, -0.2) is 35.8 Å². The van der Waals surface area contributed by atoms with Crippen LogP contribution in [0, 0.1) is 0 Å². The summed E-state index contributed by atoms with van der Waals surface area (Å²) in [6.45, 7) is 0. The van der Waals surface area contributed by atoms with Crippen LogP contribution >= 0.6 is 0 Å². The van der Waals surface area contributed by atoms with Crippen molar-refractivity contribution >= 4 is 21.4 Å². The van der Waals surface area contributed by atoms with Crippen molar-refractivity contribution in [2.24, 2.45) is 10.1 Å². The number of nitrogens with zero attached hydrogens (tertiary/aromatic N) is 1. The molecule has 1 aromatic carbocycles. The molecule has 0 heterocycles. The van der Waals surface area contributed by atoms with Crippen molar-refractivity contribution in [1.82, 2.24) is 0 Å². The molecule has 18 heavy (non-hydrogen) atoms. The summed E-state index contributed by atoms with van der Waals surface area (Å²) in [6.07, 6.45) is 3.56. The Kier molecular flexibility index (Phi) is 4.86. The minimum atomic E-state index is -2.15. The Bertz CT molecular complexity index is 523. The van der Waals surface area contributed by atoms with E-state index in [1.807, 2.05) is 12.1 Å². The average Bonchev–Trinajstić information content (AvgIpc) is 2.28. The molecule has 1 unspecified atom stereocenters. The van der Waals surface area contributed by atoms with E-state index in [1.54, 1.807) is 24.6 Å². The lowest BCUT2D eigenvalue weighted by atomic mass is 10.1. The van der Waals surface area contributed by atoms with Gasteiger partial charge in [0.25, 0.3) is 0 Å². The van der Waals surface area contributed by atoms with Gasteiger partial charge in [0.05, 0.1) is 12.8 Å². The molecule has 5 nitrogen and oxygen atoms in total. The number of hydrogen-bond acceptors (Lipinski definition) is 5. The van der Waals surface area contributed by atoms with Crippen LogP contribution in [0.4, 0.5) is 5.69 Å². The molecular formula is C12H18N2O3S. The molecule has 0 aliphatic rings. The zero-order valence-corrected chi connectivity index (χ0v) is 11.6. The summed E-state index contributed by atoms with van der Waals surface area (Å²) in [5, 5.41) is 0. The summed E-state index contributed by atoms with van der Waals surface area (Å²) in [7, 11) is -0.845. The Balaban J connectivity index is 2.78. The van der Waals surface area contributed by atoms with Crippen molar-refractivity contribution in [3.05, 3.63) is 29.8 Å². The molecule has 0 aliphatic heterocycles. The van der Waals surface area contributed by atoms with Crippen molar-refractivity contribution in [1.29, 1.82) is 0 Å². The fourth-order valence-electron chi connectivity index (χ4n) is 1.44. The van der Waals surface area contributed by atoms with E-state index in [9.17, 15) is 9.00 Å². The summed E-state index contributed by atoms with van der Waals surface area (Å²) in [6, 6.07) is 6.47. The summed E-state index contributed by atoms with van der Waals surface area (Å²) < 4.78 is 20.1. The van der Waals surface area contributed by atoms with E-state index < -0.39 is 21.7 Å². The van der Waals surface area contributed by atoms with Crippen molar-refractivity contribution in [2.45, 2.75) is 12.5 Å². The Labute approximate surface area is 108 Å². The van der Waals surface area contributed by atoms with Crippen LogP contribution in [-0.2, 0) is 25.7 Å². The van der Waals surface area contributed by atoms with E-state index in [0.29, 0.717) is 12.1 Å². The van der Waals surface area contributed by atoms with Crippen LogP contribution in [0.15, 0.2) is 28.6 Å². The van der Waals surface area contributed by atoms with Gasteiger partial charge >= 0.3 is 5.97 Å². The first-order valence-electron chi connectivity index (χ1n) is 5.41. The molecule has 0 saturated heterocycles. The molecule has 1 atom stereocenters. The minimum Gasteiger partial charge on any atom is -0.468 e. The van der Waals surface area contributed by atoms with Gasteiger partial charge in [0, 0.05) is 22.2 Å². The zero-order chi connectivity index (χ0) is 13.8. The summed E-state index contributed by atoms with van der Waals surface area (Å²) >= 11 is 0. The van der Waals surface area contributed by atoms with Crippen molar-refractivity contribution in [3.63, 3.8) is 0 Å². The zero-order valence-electron chi connectivity index (χ0n) is 10.8. The SMILES string of the molecule is COC(=O)C(N)Cc1ccc(N=S(C)(C)=O)cc1. The highest BCUT2D eigenvalue weighted by Gasteiger charge is 2.13. The third-order valence-corrected chi connectivity index (χ3v) is 2.87. The van der Waals surface area contributed by atoms with Gasteiger partial charge in [-0.1, -0.05) is 12.1 Å². The maximum Gasteiger partial charge on any atom is 0.322 e. The molecule has 0 aromatic heterocycles. The third kappa shape index (κ3) is 4.85. The summed E-state index contributed by atoms with van der Waals surface area (Å²) in [5.74, 6) is -0.436. The van der Waals surface area contributed by atoms with Crippen LogP contribution in [0.2, 0.25) is 0 Å². The second-order valence-electron chi connectivity index (χ2n) is 4.27. The Morgan fingerprint density at radius 3 is 2.39 bits per heavy atom. The predicted molar refractivity (Wildman–Crippen MR) is 72.2 cm³/mol. The van der Waals surface area contributed by atoms with Crippen LogP contribution in [0.25, 0.3) is 0 Å². The van der Waals surface area contributed by atoms with Crippen molar-refractivity contribution in [2.75, 3.05) is 19.6 Å². The van der Waals surface area contributed by atoms with E-state index in [-0.39, 0.29) is 0 Å². The first-order chi connectivity index (χ1) is 8.31. The van der Waals surface area contributed by atoms with Gasteiger partial charge in [-0.25, -0.2) is 4.21 Å². The molecule has 0 spiro atoms. The number of nitrogens with two attached hydrogens (primary N) is 1. The maximum absolute atomic E-state index is 11.5. The molecule has 1 rings (SSSR count). The topological polar surface area (TPSA) is 81.8 Å². The van der Waals surface area contributed by atoms with Gasteiger partial charge in [0.1, 0.15) is 6.04 Å². The Hall–Kier alpha value is -1.40. The van der Waals surface area contributed by atoms with Gasteiger partial charge in [-0.2, -0.15) is 4.36 Å². The lowest BCUT2D eigenvalue weighted by Gasteiger charge is -2.09. The first kappa shape index (κ1) is 14.7. The number of rotatable bonds is 4. The van der Waals surface area contributed by atoms with Crippen LogP contribution < -0.4 is 5.73 Å². The summed E-state index contributed by atoms with van der Waals surface area (Å²) in [4.78, 5) is 11.2. The third-order valence-electron chi connectivity index (χ3n) is 2.22. The van der Waals surface area contributed by atoms with E-state index in [1.165, 1.54) is 7.11 Å². The second-order valence-corrected chi connectivity index (χ2v) is 6.82. The lowest BCUT2D eigenvalue weighted by molar-refractivity contribution is -0.142. The largest absolute Gasteiger partial charge is 0.468 e. The number of carbonyl (C=O) groups excluding carboxylic acids is 1. The number of methoxy groups -OCH3 is 1. The minimum absolute atomic E-state index is 0.403. The number of carbonyl (C=O) groups is 1. The van der Waals surface area contributed by atoms with Gasteiger partial charge in [-0.15, -0.1) is 0 Å². The van der Waals surface area contributed by atoms with Crippen molar-refractivity contribution < 1.29 is 13.7 Å². The van der Waals surface area contributed by atoms with Gasteiger partial charge < -0.3 is 10.5 Å². The number of benzene rings is 1. The molecule has 0 amide bonds. The molecule has 0 aliphatic carbocycles. The molecule has 0 radical (unpaired) electrons. The second kappa shape index (κ2) is 5.97. The molecule has 2 N–H and O–H groups in total. The van der Waals surface area contributed by atoms with Crippen LogP contribution in [0.5, 0.6) is 0 Å². The summed E-state index contributed by atoms with van der Waals surface area (Å²) in [5.41, 5.74) is 7.22. The fraction of sp³-hybridized carbons (Fsp3) is 0.417. The molecule has 1 aromatic rings. The van der Waals surface area contributed by atoms with Gasteiger partial charge in [-0.3, -0.25) is 4.79 Å². The highest BCUT2D eigenvalue weighted by Crippen LogP contribution is 2.15. The average molecular weight is 270 g/mol. The van der Waals surface area contributed by atoms with Crippen molar-refractivity contribution in [3.8, 4) is 0 Å². The highest BCUT2D eigenvalue weighted by molar-refractivity contribution is 7.92. The van der Waals surface area contributed by atoms with Gasteiger partial charge in [0.2, 0.25) is 0 Å². The molecule has 100 valence electrons. The molecular weight excluding hydrogens is 252 g/mol. The fourth-order valence-corrected chi connectivity index (χ4v) is 2.06. The predicted octanol–water partition coefficient (Wildman–Crippen LogP) is 1.09. The van der Waals surface area contributed by atoms with E-state index >= 15 is 0 Å².